The zero-order valence-electron chi connectivity index (χ0n) is 13.9. The second kappa shape index (κ2) is 8.37. The van der Waals surface area contributed by atoms with Crippen molar-refractivity contribution >= 4 is 61.8 Å². The van der Waals surface area contributed by atoms with Crippen LogP contribution in [0.15, 0.2) is 47.5 Å². The fourth-order valence-electron chi connectivity index (χ4n) is 2.44. The quantitative estimate of drug-likeness (QED) is 0.504. The number of halogens is 1. The molecule has 0 N–H and O–H groups in total. The Hall–Kier alpha value is -1.32. The van der Waals surface area contributed by atoms with Gasteiger partial charge < -0.3 is 9.30 Å². The van der Waals surface area contributed by atoms with E-state index in [4.69, 9.17) is 4.74 Å². The van der Waals surface area contributed by atoms with Gasteiger partial charge in [-0.15, -0.1) is 0 Å². The Morgan fingerprint density at radius 1 is 1.32 bits per heavy atom. The number of carbonyl (C=O) groups is 1. The minimum Gasteiger partial charge on any atom is -0.497 e. The molecule has 0 aliphatic carbocycles. The first-order valence-corrected chi connectivity index (χ1v) is 10.9. The topological polar surface area (TPSA) is 43.6 Å². The molecule has 3 rings (SSSR count). The molecule has 0 fully saturated rings. The van der Waals surface area contributed by atoms with Gasteiger partial charge >= 0.3 is 0 Å². The SMILES string of the molecule is COc1ccc2sc(=NC(=O)c3ccccc3I)n(CCSC)c2c1. The smallest absolute Gasteiger partial charge is 0.280 e. The van der Waals surface area contributed by atoms with Crippen molar-refractivity contribution in [2.45, 2.75) is 6.54 Å². The van der Waals surface area contributed by atoms with Gasteiger partial charge in [0, 0.05) is 21.9 Å². The number of nitrogens with zero attached hydrogens (tertiary/aromatic N) is 2. The number of rotatable bonds is 5. The monoisotopic (exact) mass is 484 g/mol. The van der Waals surface area contributed by atoms with Gasteiger partial charge in [-0.3, -0.25) is 4.79 Å². The summed E-state index contributed by atoms with van der Waals surface area (Å²) in [5.74, 6) is 1.55. The number of benzene rings is 2. The van der Waals surface area contributed by atoms with E-state index in [0.29, 0.717) is 5.56 Å². The highest BCUT2D eigenvalue weighted by atomic mass is 127. The zero-order valence-corrected chi connectivity index (χ0v) is 17.7. The summed E-state index contributed by atoms with van der Waals surface area (Å²) in [4.78, 5) is 17.8. The molecule has 0 saturated carbocycles. The number of amides is 1. The number of hydrogen-bond donors (Lipinski definition) is 0. The third-order valence-corrected chi connectivity index (χ3v) is 6.30. The normalized spacial score (nSPS) is 11.9. The van der Waals surface area contributed by atoms with Gasteiger partial charge in [0.05, 0.1) is 22.9 Å². The predicted molar refractivity (Wildman–Crippen MR) is 114 cm³/mol. The molecule has 0 aliphatic rings. The van der Waals surface area contributed by atoms with Crippen LogP contribution in [-0.4, -0.2) is 29.6 Å². The van der Waals surface area contributed by atoms with Gasteiger partial charge in [0.2, 0.25) is 0 Å². The number of ether oxygens (including phenoxy) is 1. The fourth-order valence-corrected chi connectivity index (χ4v) is 4.46. The van der Waals surface area contributed by atoms with Gasteiger partial charge in [-0.2, -0.15) is 16.8 Å². The molecule has 0 radical (unpaired) electrons. The van der Waals surface area contributed by atoms with E-state index >= 15 is 0 Å². The Labute approximate surface area is 168 Å². The van der Waals surface area contributed by atoms with E-state index in [2.05, 4.69) is 38.4 Å². The number of carbonyl (C=O) groups excluding carboxylic acids is 1. The van der Waals surface area contributed by atoms with Crippen LogP contribution in [0.5, 0.6) is 5.75 Å². The second-order valence-corrected chi connectivity index (χ2v) is 8.42. The van der Waals surface area contributed by atoms with Crippen molar-refractivity contribution in [2.24, 2.45) is 4.99 Å². The van der Waals surface area contributed by atoms with Crippen LogP contribution < -0.4 is 9.54 Å². The predicted octanol–water partition coefficient (Wildman–Crippen LogP) is 4.42. The average molecular weight is 484 g/mol. The molecule has 1 amide bonds. The molecule has 130 valence electrons. The first-order valence-electron chi connectivity index (χ1n) is 7.64. The molecule has 0 saturated heterocycles. The molecule has 2 aromatic carbocycles. The third kappa shape index (κ3) is 4.09. The number of thiazole rings is 1. The lowest BCUT2D eigenvalue weighted by molar-refractivity contribution is 0.0997. The van der Waals surface area contributed by atoms with Crippen molar-refractivity contribution in [2.75, 3.05) is 19.1 Å². The molecule has 0 unspecified atom stereocenters. The summed E-state index contributed by atoms with van der Waals surface area (Å²) in [7, 11) is 1.66. The summed E-state index contributed by atoms with van der Waals surface area (Å²) in [6.07, 6.45) is 2.07. The van der Waals surface area contributed by atoms with E-state index in [9.17, 15) is 4.79 Å². The molecule has 0 aliphatic heterocycles. The lowest BCUT2D eigenvalue weighted by atomic mass is 10.2. The zero-order chi connectivity index (χ0) is 17.8. The lowest BCUT2D eigenvalue weighted by Crippen LogP contribution is -2.18. The maximum Gasteiger partial charge on any atom is 0.280 e. The summed E-state index contributed by atoms with van der Waals surface area (Å²) >= 11 is 5.47. The van der Waals surface area contributed by atoms with Crippen LogP contribution in [0.25, 0.3) is 10.2 Å². The Balaban J connectivity index is 2.13. The Kier molecular flexibility index (Phi) is 6.19. The van der Waals surface area contributed by atoms with Gasteiger partial charge in [0.15, 0.2) is 4.80 Å². The molecule has 1 heterocycles. The number of thioether (sulfide) groups is 1. The molecular weight excluding hydrogens is 467 g/mol. The van der Waals surface area contributed by atoms with E-state index in [0.717, 1.165) is 36.6 Å². The Bertz CT molecular complexity index is 979. The van der Waals surface area contributed by atoms with Crippen LogP contribution in [0.1, 0.15) is 10.4 Å². The average Bonchev–Trinajstić information content (AvgIpc) is 2.96. The van der Waals surface area contributed by atoms with E-state index in [1.165, 1.54) is 11.3 Å². The highest BCUT2D eigenvalue weighted by molar-refractivity contribution is 14.1. The summed E-state index contributed by atoms with van der Waals surface area (Å²) in [6.45, 7) is 0.798. The molecule has 3 aromatic rings. The first kappa shape index (κ1) is 18.5. The van der Waals surface area contributed by atoms with Crippen molar-refractivity contribution in [3.63, 3.8) is 0 Å². The maximum atomic E-state index is 12.7. The van der Waals surface area contributed by atoms with E-state index in [1.807, 2.05) is 42.5 Å². The van der Waals surface area contributed by atoms with E-state index < -0.39 is 0 Å². The van der Waals surface area contributed by atoms with Gasteiger partial charge in [-0.25, -0.2) is 0 Å². The van der Waals surface area contributed by atoms with Crippen LogP contribution in [0.2, 0.25) is 0 Å². The van der Waals surface area contributed by atoms with Crippen LogP contribution in [-0.2, 0) is 6.54 Å². The van der Waals surface area contributed by atoms with E-state index in [-0.39, 0.29) is 5.91 Å². The van der Waals surface area contributed by atoms with Gasteiger partial charge in [0.25, 0.3) is 5.91 Å². The molecule has 7 heteroatoms. The van der Waals surface area contributed by atoms with Gasteiger partial charge in [-0.05, 0) is 53.1 Å². The number of aromatic nitrogens is 1. The number of aryl methyl sites for hydroxylation is 1. The van der Waals surface area contributed by atoms with Crippen molar-refractivity contribution in [1.82, 2.24) is 4.57 Å². The van der Waals surface area contributed by atoms with Crippen molar-refractivity contribution in [3.8, 4) is 5.75 Å². The van der Waals surface area contributed by atoms with Gasteiger partial charge in [0.1, 0.15) is 5.75 Å². The third-order valence-electron chi connectivity index (χ3n) is 3.71. The van der Waals surface area contributed by atoms with Crippen molar-refractivity contribution in [1.29, 1.82) is 0 Å². The van der Waals surface area contributed by atoms with Crippen LogP contribution in [0.3, 0.4) is 0 Å². The minimum atomic E-state index is -0.207. The summed E-state index contributed by atoms with van der Waals surface area (Å²) in [5.41, 5.74) is 1.68. The highest BCUT2D eigenvalue weighted by Gasteiger charge is 2.12. The minimum absolute atomic E-state index is 0.207. The Morgan fingerprint density at radius 2 is 2.12 bits per heavy atom. The summed E-state index contributed by atoms with van der Waals surface area (Å²) in [5, 5.41) is 0. The number of hydrogen-bond acceptors (Lipinski definition) is 4. The van der Waals surface area contributed by atoms with Crippen LogP contribution >= 0.6 is 45.7 Å². The molecule has 0 bridgehead atoms. The standard InChI is InChI=1S/C18H17IN2O2S2/c1-23-12-7-8-16-15(11-12)21(9-10-24-2)18(25-16)20-17(22)13-5-3-4-6-14(13)19/h3-8,11H,9-10H2,1-2H3. The maximum absolute atomic E-state index is 12.7. The lowest BCUT2D eigenvalue weighted by Gasteiger charge is -2.05. The number of fused-ring (bicyclic) bond motifs is 1. The second-order valence-electron chi connectivity index (χ2n) is 5.26. The molecule has 0 spiro atoms. The molecular formula is C18H17IN2O2S2. The fraction of sp³-hybridized carbons (Fsp3) is 0.222. The van der Waals surface area contributed by atoms with Crippen molar-refractivity contribution < 1.29 is 9.53 Å². The molecule has 0 atom stereocenters. The van der Waals surface area contributed by atoms with Crippen LogP contribution in [0, 0.1) is 3.57 Å². The summed E-state index contributed by atoms with van der Waals surface area (Å²) < 4.78 is 9.45. The molecule has 1 aromatic heterocycles. The van der Waals surface area contributed by atoms with Gasteiger partial charge in [-0.1, -0.05) is 23.5 Å². The van der Waals surface area contributed by atoms with Crippen molar-refractivity contribution in [3.05, 3.63) is 56.4 Å². The molecule has 25 heavy (non-hydrogen) atoms. The number of methoxy groups -OCH3 is 1. The van der Waals surface area contributed by atoms with E-state index in [1.54, 1.807) is 18.9 Å². The summed E-state index contributed by atoms with van der Waals surface area (Å²) in [6, 6.07) is 13.5. The Morgan fingerprint density at radius 3 is 2.84 bits per heavy atom. The van der Waals surface area contributed by atoms with Crippen LogP contribution in [0.4, 0.5) is 0 Å². The first-order chi connectivity index (χ1) is 12.1. The highest BCUT2D eigenvalue weighted by Crippen LogP contribution is 2.23. The largest absolute Gasteiger partial charge is 0.497 e. The molecule has 4 nitrogen and oxygen atoms in total.